The average Bonchev–Trinajstić information content (AvgIpc) is 3.13. The molecule has 1 aromatic heterocycles. The summed E-state index contributed by atoms with van der Waals surface area (Å²) in [5.74, 6) is 0.0691. The Morgan fingerprint density at radius 1 is 1.29 bits per heavy atom. The summed E-state index contributed by atoms with van der Waals surface area (Å²) < 4.78 is 6.11. The number of hydrogen-bond donors (Lipinski definition) is 1. The molecule has 1 atom stereocenters. The lowest BCUT2D eigenvalue weighted by atomic mass is 9.73. The van der Waals surface area contributed by atoms with Gasteiger partial charge in [0.15, 0.2) is 0 Å². The summed E-state index contributed by atoms with van der Waals surface area (Å²) in [6.45, 7) is 6.39. The Morgan fingerprint density at radius 2 is 2.00 bits per heavy atom. The molecule has 0 bridgehead atoms. The molecule has 0 spiro atoms. The first kappa shape index (κ1) is 21.9. The maximum absolute atomic E-state index is 12.2. The van der Waals surface area contributed by atoms with E-state index < -0.39 is 5.60 Å². The van der Waals surface area contributed by atoms with Crippen LogP contribution in [0.4, 0.5) is 4.79 Å². The maximum atomic E-state index is 12.2. The van der Waals surface area contributed by atoms with Crippen molar-refractivity contribution < 1.29 is 14.6 Å². The van der Waals surface area contributed by atoms with Gasteiger partial charge in [-0.2, -0.15) is 0 Å². The Labute approximate surface area is 177 Å². The molecule has 7 heteroatoms. The molecule has 1 N–H and O–H groups in total. The summed E-state index contributed by atoms with van der Waals surface area (Å²) in [6, 6.07) is 2.02. The fourth-order valence-electron chi connectivity index (χ4n) is 4.37. The number of aliphatic hydroxyl groups is 1. The zero-order chi connectivity index (χ0) is 20.0. The fraction of sp³-hybridized carbons (Fsp3) is 0.762. The highest BCUT2D eigenvalue weighted by atomic mass is 35.5. The Morgan fingerprint density at radius 3 is 2.61 bits per heavy atom. The van der Waals surface area contributed by atoms with Crippen molar-refractivity contribution in [3.8, 4) is 0 Å². The molecule has 158 valence electrons. The molecule has 5 nitrogen and oxygen atoms in total. The number of amides is 1. The summed E-state index contributed by atoms with van der Waals surface area (Å²) >= 11 is 7.74. The molecule has 1 aliphatic carbocycles. The summed E-state index contributed by atoms with van der Waals surface area (Å²) in [6.07, 6.45) is 6.83. The monoisotopic (exact) mass is 428 g/mol. The largest absolute Gasteiger partial charge is 0.449 e. The van der Waals surface area contributed by atoms with Crippen LogP contribution in [0.1, 0.15) is 63.4 Å². The standard InChI is InChI=1S/C21H33ClN2O3S/c1-2-3-13-27-20(25)24-11-9-23(10-12-24)15-18(17-14-19(22)28-16-17)21(26)7-5-4-6-8-21/h14,16,18,26H,2-13,15H2,1H3. The molecule has 1 aromatic rings. The molecule has 0 radical (unpaired) electrons. The molecular weight excluding hydrogens is 396 g/mol. The first-order valence-electron chi connectivity index (χ1n) is 10.6. The third kappa shape index (κ3) is 5.62. The van der Waals surface area contributed by atoms with Gasteiger partial charge in [-0.1, -0.05) is 44.2 Å². The van der Waals surface area contributed by atoms with E-state index in [1.165, 1.54) is 17.8 Å². The van der Waals surface area contributed by atoms with E-state index in [1.54, 1.807) is 4.90 Å². The molecule has 1 aliphatic heterocycles. The second kappa shape index (κ2) is 10.3. The molecule has 1 unspecified atom stereocenters. The average molecular weight is 429 g/mol. The Bertz CT molecular complexity index is 625. The number of hydrogen-bond acceptors (Lipinski definition) is 5. The summed E-state index contributed by atoms with van der Waals surface area (Å²) in [5.41, 5.74) is 0.500. The van der Waals surface area contributed by atoms with E-state index in [2.05, 4.69) is 17.2 Å². The molecule has 2 fully saturated rings. The highest BCUT2D eigenvalue weighted by Crippen LogP contribution is 2.42. The number of nitrogens with zero attached hydrogens (tertiary/aromatic N) is 2. The molecule has 1 amide bonds. The molecule has 2 heterocycles. The third-order valence-corrected chi connectivity index (χ3v) is 7.26. The second-order valence-corrected chi connectivity index (χ2v) is 9.70. The Balaban J connectivity index is 1.59. The van der Waals surface area contributed by atoms with Gasteiger partial charge in [-0.15, -0.1) is 11.3 Å². The van der Waals surface area contributed by atoms with E-state index in [4.69, 9.17) is 16.3 Å². The lowest BCUT2D eigenvalue weighted by Crippen LogP contribution is -2.52. The van der Waals surface area contributed by atoms with E-state index in [9.17, 15) is 9.90 Å². The van der Waals surface area contributed by atoms with E-state index >= 15 is 0 Å². The van der Waals surface area contributed by atoms with Crippen molar-refractivity contribution >= 4 is 29.0 Å². The normalized spacial score (nSPS) is 21.5. The molecule has 0 aromatic carbocycles. The van der Waals surface area contributed by atoms with E-state index in [0.717, 1.165) is 68.1 Å². The van der Waals surface area contributed by atoms with Crippen molar-refractivity contribution in [3.05, 3.63) is 21.3 Å². The molecule has 1 saturated heterocycles. The topological polar surface area (TPSA) is 53.0 Å². The van der Waals surface area contributed by atoms with Crippen molar-refractivity contribution in [3.63, 3.8) is 0 Å². The lowest BCUT2D eigenvalue weighted by molar-refractivity contribution is -0.0341. The van der Waals surface area contributed by atoms with Crippen LogP contribution in [0.2, 0.25) is 4.34 Å². The minimum Gasteiger partial charge on any atom is -0.449 e. The minimum atomic E-state index is -0.654. The van der Waals surface area contributed by atoms with Gasteiger partial charge in [0.2, 0.25) is 0 Å². The second-order valence-electron chi connectivity index (χ2n) is 8.16. The van der Waals surface area contributed by atoms with E-state index in [-0.39, 0.29) is 12.0 Å². The number of halogens is 1. The Kier molecular flexibility index (Phi) is 8.03. The first-order valence-corrected chi connectivity index (χ1v) is 11.9. The number of carbonyl (C=O) groups is 1. The maximum Gasteiger partial charge on any atom is 0.409 e. The van der Waals surface area contributed by atoms with Crippen LogP contribution in [0.5, 0.6) is 0 Å². The van der Waals surface area contributed by atoms with Gasteiger partial charge in [0.05, 0.1) is 16.5 Å². The summed E-state index contributed by atoms with van der Waals surface area (Å²) in [7, 11) is 0. The number of piperazine rings is 1. The fourth-order valence-corrected chi connectivity index (χ4v) is 5.32. The van der Waals surface area contributed by atoms with Crippen LogP contribution in [0.15, 0.2) is 11.4 Å². The lowest BCUT2D eigenvalue weighted by Gasteiger charge is -2.43. The zero-order valence-corrected chi connectivity index (χ0v) is 18.4. The number of unbranched alkanes of at least 4 members (excludes halogenated alkanes) is 1. The van der Waals surface area contributed by atoms with Crippen LogP contribution in [0.25, 0.3) is 0 Å². The summed E-state index contributed by atoms with van der Waals surface area (Å²) in [5, 5.41) is 13.5. The molecule has 3 rings (SSSR count). The molecule has 1 saturated carbocycles. The van der Waals surface area contributed by atoms with Crippen molar-refractivity contribution in [1.29, 1.82) is 0 Å². The van der Waals surface area contributed by atoms with Crippen LogP contribution in [0.3, 0.4) is 0 Å². The SMILES string of the molecule is CCCCOC(=O)N1CCN(CC(c2csc(Cl)c2)C2(O)CCCCC2)CC1. The predicted octanol–water partition coefficient (Wildman–Crippen LogP) is 4.73. The minimum absolute atomic E-state index is 0.0691. The molecular formula is C21H33ClN2O3S. The highest BCUT2D eigenvalue weighted by Gasteiger charge is 2.40. The smallest absolute Gasteiger partial charge is 0.409 e. The molecule has 28 heavy (non-hydrogen) atoms. The molecule has 2 aliphatic rings. The van der Waals surface area contributed by atoms with Crippen LogP contribution < -0.4 is 0 Å². The van der Waals surface area contributed by atoms with Crippen molar-refractivity contribution in [2.45, 2.75) is 63.4 Å². The van der Waals surface area contributed by atoms with Gasteiger partial charge in [0.1, 0.15) is 0 Å². The van der Waals surface area contributed by atoms with E-state index in [1.807, 2.05) is 6.07 Å². The van der Waals surface area contributed by atoms with Crippen molar-refractivity contribution in [1.82, 2.24) is 9.80 Å². The van der Waals surface area contributed by atoms with Crippen molar-refractivity contribution in [2.75, 3.05) is 39.3 Å². The van der Waals surface area contributed by atoms with E-state index in [0.29, 0.717) is 19.7 Å². The Hall–Kier alpha value is -0.820. The summed E-state index contributed by atoms with van der Waals surface area (Å²) in [4.78, 5) is 16.3. The third-order valence-electron chi connectivity index (χ3n) is 6.15. The number of rotatable bonds is 7. The van der Waals surface area contributed by atoms with Crippen LogP contribution >= 0.6 is 22.9 Å². The van der Waals surface area contributed by atoms with Gasteiger partial charge < -0.3 is 14.7 Å². The van der Waals surface area contributed by atoms with Gasteiger partial charge in [-0.05, 0) is 36.3 Å². The quantitative estimate of drug-likeness (QED) is 0.637. The van der Waals surface area contributed by atoms with Gasteiger partial charge in [0, 0.05) is 38.6 Å². The zero-order valence-electron chi connectivity index (χ0n) is 16.9. The van der Waals surface area contributed by atoms with Gasteiger partial charge >= 0.3 is 6.09 Å². The van der Waals surface area contributed by atoms with Crippen LogP contribution in [-0.2, 0) is 4.74 Å². The van der Waals surface area contributed by atoms with Gasteiger partial charge in [-0.25, -0.2) is 4.79 Å². The van der Waals surface area contributed by atoms with Gasteiger partial charge in [-0.3, -0.25) is 4.90 Å². The van der Waals surface area contributed by atoms with Crippen LogP contribution in [-0.4, -0.2) is 65.9 Å². The van der Waals surface area contributed by atoms with Crippen LogP contribution in [0, 0.1) is 0 Å². The number of thiophene rings is 1. The number of carbonyl (C=O) groups excluding carboxylic acids is 1. The van der Waals surface area contributed by atoms with Crippen molar-refractivity contribution in [2.24, 2.45) is 0 Å². The predicted molar refractivity (Wildman–Crippen MR) is 114 cm³/mol. The number of ether oxygens (including phenoxy) is 1. The highest BCUT2D eigenvalue weighted by molar-refractivity contribution is 7.14. The first-order chi connectivity index (χ1) is 13.5. The van der Waals surface area contributed by atoms with Gasteiger partial charge in [0.25, 0.3) is 0 Å².